The van der Waals surface area contributed by atoms with Crippen LogP contribution in [-0.2, 0) is 17.8 Å². The van der Waals surface area contributed by atoms with Crippen LogP contribution in [0.25, 0.3) is 0 Å². The van der Waals surface area contributed by atoms with E-state index in [0.29, 0.717) is 24.2 Å². The Morgan fingerprint density at radius 2 is 1.48 bits per heavy atom. The van der Waals surface area contributed by atoms with E-state index in [2.05, 4.69) is 10.1 Å². The lowest BCUT2D eigenvalue weighted by atomic mass is 10.1. The summed E-state index contributed by atoms with van der Waals surface area (Å²) in [6.45, 7) is 0.841. The topological polar surface area (TPSA) is 81.4 Å². The van der Waals surface area contributed by atoms with E-state index in [4.69, 9.17) is 5.73 Å². The molecule has 0 aliphatic rings. The van der Waals surface area contributed by atoms with Crippen molar-refractivity contribution < 1.29 is 14.3 Å². The SMILES string of the molecule is COC(=O)c1ccc(CNC(=O)c2ccc(CN)cc2)cc1.Cl. The van der Waals surface area contributed by atoms with E-state index in [9.17, 15) is 9.59 Å². The quantitative estimate of drug-likeness (QED) is 0.822. The second-order valence-corrected chi connectivity index (χ2v) is 4.77. The average molecular weight is 335 g/mol. The van der Waals surface area contributed by atoms with E-state index in [0.717, 1.165) is 11.1 Å². The Morgan fingerprint density at radius 1 is 0.957 bits per heavy atom. The fourth-order valence-electron chi connectivity index (χ4n) is 1.95. The van der Waals surface area contributed by atoms with E-state index in [1.54, 1.807) is 36.4 Å². The molecule has 0 aliphatic heterocycles. The molecule has 0 bridgehead atoms. The summed E-state index contributed by atoms with van der Waals surface area (Å²) in [6, 6.07) is 14.1. The number of benzene rings is 2. The van der Waals surface area contributed by atoms with Crippen LogP contribution in [-0.4, -0.2) is 19.0 Å². The Morgan fingerprint density at radius 3 is 2.00 bits per heavy atom. The second-order valence-electron chi connectivity index (χ2n) is 4.77. The Hall–Kier alpha value is -2.37. The highest BCUT2D eigenvalue weighted by Gasteiger charge is 2.07. The van der Waals surface area contributed by atoms with Crippen LogP contribution in [0.3, 0.4) is 0 Å². The third-order valence-corrected chi connectivity index (χ3v) is 3.28. The third-order valence-electron chi connectivity index (χ3n) is 3.28. The minimum absolute atomic E-state index is 0. The number of amides is 1. The molecule has 2 aromatic rings. The molecule has 2 aromatic carbocycles. The van der Waals surface area contributed by atoms with Crippen LogP contribution in [0.2, 0.25) is 0 Å². The molecule has 0 atom stereocenters. The van der Waals surface area contributed by atoms with Crippen LogP contribution >= 0.6 is 12.4 Å². The van der Waals surface area contributed by atoms with Crippen molar-refractivity contribution in [2.24, 2.45) is 5.73 Å². The molecule has 0 radical (unpaired) electrons. The van der Waals surface area contributed by atoms with Gasteiger partial charge in [0.2, 0.25) is 0 Å². The Labute approximate surface area is 141 Å². The highest BCUT2D eigenvalue weighted by atomic mass is 35.5. The smallest absolute Gasteiger partial charge is 0.337 e. The van der Waals surface area contributed by atoms with Crippen molar-refractivity contribution >= 4 is 24.3 Å². The Bertz CT molecular complexity index is 655. The van der Waals surface area contributed by atoms with Crippen LogP contribution in [0.5, 0.6) is 0 Å². The molecule has 0 fully saturated rings. The summed E-state index contributed by atoms with van der Waals surface area (Å²) in [6.07, 6.45) is 0. The number of nitrogens with one attached hydrogen (secondary N) is 1. The summed E-state index contributed by atoms with van der Waals surface area (Å²) in [5, 5.41) is 2.83. The molecule has 0 saturated heterocycles. The number of esters is 1. The van der Waals surface area contributed by atoms with Gasteiger partial charge in [-0.3, -0.25) is 4.79 Å². The maximum atomic E-state index is 12.0. The van der Waals surface area contributed by atoms with E-state index in [1.807, 2.05) is 12.1 Å². The highest BCUT2D eigenvalue weighted by molar-refractivity contribution is 5.94. The normalized spacial score (nSPS) is 9.65. The maximum Gasteiger partial charge on any atom is 0.337 e. The predicted molar refractivity (Wildman–Crippen MR) is 90.5 cm³/mol. The standard InChI is InChI=1S/C17H18N2O3.ClH/c1-22-17(21)15-8-4-13(5-9-15)11-19-16(20)14-6-2-12(10-18)3-7-14;/h2-9H,10-11,18H2,1H3,(H,19,20);1H. The molecule has 0 aliphatic carbocycles. The lowest BCUT2D eigenvalue weighted by Crippen LogP contribution is -2.22. The molecular weight excluding hydrogens is 316 g/mol. The van der Waals surface area contributed by atoms with Crippen LogP contribution in [0.15, 0.2) is 48.5 Å². The van der Waals surface area contributed by atoms with Crippen molar-refractivity contribution in [2.75, 3.05) is 7.11 Å². The molecule has 1 amide bonds. The zero-order valence-corrected chi connectivity index (χ0v) is 13.6. The first-order valence-electron chi connectivity index (χ1n) is 6.88. The number of halogens is 1. The number of ether oxygens (including phenoxy) is 1. The number of nitrogens with two attached hydrogens (primary N) is 1. The van der Waals surface area contributed by atoms with E-state index >= 15 is 0 Å². The highest BCUT2D eigenvalue weighted by Crippen LogP contribution is 2.07. The summed E-state index contributed by atoms with van der Waals surface area (Å²) in [5.41, 5.74) is 8.47. The van der Waals surface area contributed by atoms with Crippen LogP contribution in [0, 0.1) is 0 Å². The van der Waals surface area contributed by atoms with E-state index < -0.39 is 0 Å². The number of rotatable bonds is 5. The monoisotopic (exact) mass is 334 g/mol. The second kappa shape index (κ2) is 8.92. The first-order valence-corrected chi connectivity index (χ1v) is 6.88. The van der Waals surface area contributed by atoms with Crippen LogP contribution in [0.4, 0.5) is 0 Å². The van der Waals surface area contributed by atoms with Gasteiger partial charge in [0.25, 0.3) is 5.91 Å². The van der Waals surface area contributed by atoms with Gasteiger partial charge >= 0.3 is 5.97 Å². The molecule has 0 spiro atoms. The minimum Gasteiger partial charge on any atom is -0.465 e. The fourth-order valence-corrected chi connectivity index (χ4v) is 1.95. The molecule has 23 heavy (non-hydrogen) atoms. The van der Waals surface area contributed by atoms with Crippen LogP contribution < -0.4 is 11.1 Å². The van der Waals surface area contributed by atoms with Gasteiger partial charge in [-0.2, -0.15) is 0 Å². The summed E-state index contributed by atoms with van der Waals surface area (Å²) in [5.74, 6) is -0.531. The molecule has 5 nitrogen and oxygen atoms in total. The molecule has 0 heterocycles. The summed E-state index contributed by atoms with van der Waals surface area (Å²) < 4.78 is 4.63. The van der Waals surface area contributed by atoms with Gasteiger partial charge in [-0.05, 0) is 35.4 Å². The average Bonchev–Trinajstić information content (AvgIpc) is 2.59. The number of carbonyl (C=O) groups excluding carboxylic acids is 2. The van der Waals surface area contributed by atoms with E-state index in [1.165, 1.54) is 7.11 Å². The van der Waals surface area contributed by atoms with Crippen molar-refractivity contribution in [2.45, 2.75) is 13.1 Å². The van der Waals surface area contributed by atoms with Gasteiger partial charge in [0.1, 0.15) is 0 Å². The molecule has 2 rings (SSSR count). The van der Waals surface area contributed by atoms with Crippen molar-refractivity contribution in [3.8, 4) is 0 Å². The number of hydrogen-bond acceptors (Lipinski definition) is 4. The lowest BCUT2D eigenvalue weighted by molar-refractivity contribution is 0.0600. The van der Waals surface area contributed by atoms with Gasteiger partial charge in [-0.15, -0.1) is 12.4 Å². The lowest BCUT2D eigenvalue weighted by Gasteiger charge is -2.07. The zero-order chi connectivity index (χ0) is 15.9. The van der Waals surface area contributed by atoms with Gasteiger partial charge < -0.3 is 15.8 Å². The van der Waals surface area contributed by atoms with Gasteiger partial charge in [0.05, 0.1) is 12.7 Å². The minimum atomic E-state index is -0.379. The summed E-state index contributed by atoms with van der Waals surface area (Å²) in [4.78, 5) is 23.3. The summed E-state index contributed by atoms with van der Waals surface area (Å²) in [7, 11) is 1.34. The first-order chi connectivity index (χ1) is 10.6. The van der Waals surface area contributed by atoms with Crippen molar-refractivity contribution in [3.05, 3.63) is 70.8 Å². The first kappa shape index (κ1) is 18.7. The molecular formula is C17H19ClN2O3. The van der Waals surface area contributed by atoms with Gasteiger partial charge in [0, 0.05) is 18.7 Å². The molecule has 0 saturated carbocycles. The number of methoxy groups -OCH3 is 1. The molecule has 0 aromatic heterocycles. The molecule has 0 unspecified atom stereocenters. The van der Waals surface area contributed by atoms with E-state index in [-0.39, 0.29) is 24.3 Å². The fraction of sp³-hybridized carbons (Fsp3) is 0.176. The molecule has 6 heteroatoms. The van der Waals surface area contributed by atoms with Gasteiger partial charge in [-0.1, -0.05) is 24.3 Å². The largest absolute Gasteiger partial charge is 0.465 e. The van der Waals surface area contributed by atoms with Gasteiger partial charge in [0.15, 0.2) is 0 Å². The zero-order valence-electron chi connectivity index (χ0n) is 12.7. The number of hydrogen-bond donors (Lipinski definition) is 2. The maximum absolute atomic E-state index is 12.0. The molecule has 3 N–H and O–H groups in total. The predicted octanol–water partition coefficient (Wildman–Crippen LogP) is 2.28. The Balaban J connectivity index is 0.00000264. The summed E-state index contributed by atoms with van der Waals surface area (Å²) >= 11 is 0. The van der Waals surface area contributed by atoms with Crippen LogP contribution in [0.1, 0.15) is 31.8 Å². The van der Waals surface area contributed by atoms with Crippen molar-refractivity contribution in [1.82, 2.24) is 5.32 Å². The van der Waals surface area contributed by atoms with Gasteiger partial charge in [-0.25, -0.2) is 4.79 Å². The molecule has 122 valence electrons. The van der Waals surface area contributed by atoms with Crippen molar-refractivity contribution in [1.29, 1.82) is 0 Å². The van der Waals surface area contributed by atoms with Crippen molar-refractivity contribution in [3.63, 3.8) is 0 Å². The third kappa shape index (κ3) is 5.09. The Kier molecular flexibility index (Phi) is 7.25. The number of carbonyl (C=O) groups is 2.